The average molecular weight is 393 g/mol. The molecule has 1 aliphatic carbocycles. The van der Waals surface area contributed by atoms with E-state index in [9.17, 15) is 4.79 Å². The van der Waals surface area contributed by atoms with Gasteiger partial charge in [-0.2, -0.15) is 0 Å². The molecule has 7 heteroatoms. The fourth-order valence-electron chi connectivity index (χ4n) is 3.42. The van der Waals surface area contributed by atoms with Crippen molar-refractivity contribution in [1.29, 1.82) is 0 Å². The molecule has 0 saturated carbocycles. The van der Waals surface area contributed by atoms with Gasteiger partial charge in [0.25, 0.3) is 0 Å². The molecule has 2 aromatic rings. The second-order valence-electron chi connectivity index (χ2n) is 8.10. The Labute approximate surface area is 164 Å². The molecule has 0 saturated heterocycles. The molecule has 0 fully saturated rings. The molecule has 0 radical (unpaired) electrons. The summed E-state index contributed by atoms with van der Waals surface area (Å²) in [5.41, 5.74) is 1.83. The number of nitrogens with one attached hydrogen (secondary N) is 1. The fraction of sp³-hybridized carbons (Fsp3) is 0.632. The summed E-state index contributed by atoms with van der Waals surface area (Å²) in [4.78, 5) is 14.4. The first-order chi connectivity index (χ1) is 12.2. The molecule has 5 nitrogen and oxygen atoms in total. The van der Waals surface area contributed by atoms with Gasteiger partial charge in [-0.05, 0) is 49.1 Å². The minimum atomic E-state index is -0.195. The van der Waals surface area contributed by atoms with Crippen LogP contribution in [0.15, 0.2) is 11.2 Å². The van der Waals surface area contributed by atoms with E-state index in [2.05, 4.69) is 42.4 Å². The Bertz CT molecular complexity index is 803. The van der Waals surface area contributed by atoms with Crippen LogP contribution >= 0.6 is 23.1 Å². The van der Waals surface area contributed by atoms with Crippen LogP contribution in [0, 0.1) is 11.3 Å². The molecule has 2 aromatic heterocycles. The van der Waals surface area contributed by atoms with Crippen LogP contribution in [0.25, 0.3) is 10.7 Å². The lowest BCUT2D eigenvalue weighted by Crippen LogP contribution is -2.27. The second-order valence-corrected chi connectivity index (χ2v) is 10.5. The number of aromatic nitrogens is 3. The first kappa shape index (κ1) is 19.4. The number of aryl methyl sites for hydroxylation is 1. The number of thiophene rings is 1. The predicted molar refractivity (Wildman–Crippen MR) is 109 cm³/mol. The number of fused-ring (bicyclic) bond motifs is 1. The maximum atomic E-state index is 11.8. The van der Waals surface area contributed by atoms with Gasteiger partial charge >= 0.3 is 0 Å². The molecule has 1 aliphatic rings. The molecule has 2 unspecified atom stereocenters. The summed E-state index contributed by atoms with van der Waals surface area (Å²) >= 11 is 3.29. The number of hydrogen-bond donors (Lipinski definition) is 1. The van der Waals surface area contributed by atoms with Crippen molar-refractivity contribution in [3.8, 4) is 10.7 Å². The van der Waals surface area contributed by atoms with Crippen LogP contribution in [0.2, 0.25) is 0 Å². The molecule has 2 atom stereocenters. The zero-order valence-electron chi connectivity index (χ0n) is 16.4. The van der Waals surface area contributed by atoms with Crippen LogP contribution in [0.4, 0.5) is 0 Å². The third-order valence-corrected chi connectivity index (χ3v) is 7.63. The SMILES string of the molecule is CNC(=O)C(C)Sc1nnc(-c2cc3c(s2)CCC(C(C)(C)C)C3)n1C. The van der Waals surface area contributed by atoms with E-state index in [-0.39, 0.29) is 11.2 Å². The van der Waals surface area contributed by atoms with Crippen molar-refractivity contribution in [1.82, 2.24) is 20.1 Å². The van der Waals surface area contributed by atoms with E-state index < -0.39 is 0 Å². The van der Waals surface area contributed by atoms with Crippen LogP contribution in [0.1, 0.15) is 44.6 Å². The summed E-state index contributed by atoms with van der Waals surface area (Å²) in [6.45, 7) is 8.91. The zero-order chi connectivity index (χ0) is 19.1. The molecule has 1 N–H and O–H groups in total. The van der Waals surface area contributed by atoms with Crippen molar-refractivity contribution >= 4 is 29.0 Å². The topological polar surface area (TPSA) is 59.8 Å². The summed E-state index contributed by atoms with van der Waals surface area (Å²) in [6, 6.07) is 2.30. The molecule has 0 bridgehead atoms. The van der Waals surface area contributed by atoms with E-state index in [1.807, 2.05) is 29.9 Å². The monoisotopic (exact) mass is 392 g/mol. The lowest BCUT2D eigenvalue weighted by Gasteiger charge is -2.33. The fourth-order valence-corrected chi connectivity index (χ4v) is 5.52. The van der Waals surface area contributed by atoms with Gasteiger partial charge in [-0.25, -0.2) is 0 Å². The summed E-state index contributed by atoms with van der Waals surface area (Å²) in [6.07, 6.45) is 3.58. The maximum absolute atomic E-state index is 11.8. The van der Waals surface area contributed by atoms with Crippen LogP contribution < -0.4 is 5.32 Å². The molecule has 0 aromatic carbocycles. The Balaban J connectivity index is 1.82. The quantitative estimate of drug-likeness (QED) is 0.801. The number of rotatable bonds is 4. The van der Waals surface area contributed by atoms with Gasteiger partial charge < -0.3 is 9.88 Å². The largest absolute Gasteiger partial charge is 0.358 e. The normalized spacial score (nSPS) is 18.5. The summed E-state index contributed by atoms with van der Waals surface area (Å²) in [7, 11) is 3.63. The minimum absolute atomic E-state index is 0.000593. The molecule has 2 heterocycles. The van der Waals surface area contributed by atoms with Gasteiger partial charge in [0.2, 0.25) is 5.91 Å². The highest BCUT2D eigenvalue weighted by Gasteiger charge is 2.30. The van der Waals surface area contributed by atoms with Crippen molar-refractivity contribution in [2.24, 2.45) is 18.4 Å². The summed E-state index contributed by atoms with van der Waals surface area (Å²) < 4.78 is 2.00. The summed E-state index contributed by atoms with van der Waals surface area (Å²) in [5, 5.41) is 12.0. The Morgan fingerprint density at radius 3 is 2.81 bits per heavy atom. The molecule has 26 heavy (non-hydrogen) atoms. The number of thioether (sulfide) groups is 1. The Morgan fingerprint density at radius 1 is 1.42 bits per heavy atom. The lowest BCUT2D eigenvalue weighted by atomic mass is 9.72. The average Bonchev–Trinajstić information content (AvgIpc) is 3.16. The van der Waals surface area contributed by atoms with Crippen LogP contribution in [-0.4, -0.2) is 33.0 Å². The van der Waals surface area contributed by atoms with Gasteiger partial charge in [-0.1, -0.05) is 32.5 Å². The van der Waals surface area contributed by atoms with Gasteiger partial charge in [-0.3, -0.25) is 4.79 Å². The van der Waals surface area contributed by atoms with Crippen LogP contribution in [0.3, 0.4) is 0 Å². The Hall–Kier alpha value is -1.34. The maximum Gasteiger partial charge on any atom is 0.233 e. The van der Waals surface area contributed by atoms with Crippen molar-refractivity contribution in [2.45, 2.75) is 57.4 Å². The van der Waals surface area contributed by atoms with E-state index in [1.54, 1.807) is 7.05 Å². The standard InChI is InChI=1S/C19H28N4OS2/c1-11(17(24)20-5)25-18-22-21-16(23(18)6)15-10-12-9-13(19(2,3)4)7-8-14(12)26-15/h10-11,13H,7-9H2,1-6H3,(H,20,24). The van der Waals surface area contributed by atoms with E-state index in [1.165, 1.54) is 33.5 Å². The highest BCUT2D eigenvalue weighted by molar-refractivity contribution is 8.00. The van der Waals surface area contributed by atoms with Gasteiger partial charge in [0.05, 0.1) is 10.1 Å². The molecule has 0 aliphatic heterocycles. The van der Waals surface area contributed by atoms with Crippen LogP contribution in [0.5, 0.6) is 0 Å². The molecule has 3 rings (SSSR count). The highest BCUT2D eigenvalue weighted by Crippen LogP contribution is 2.42. The third-order valence-electron chi connectivity index (χ3n) is 5.26. The smallest absolute Gasteiger partial charge is 0.233 e. The lowest BCUT2D eigenvalue weighted by molar-refractivity contribution is -0.119. The van der Waals surface area contributed by atoms with Crippen molar-refractivity contribution < 1.29 is 4.79 Å². The Kier molecular flexibility index (Phi) is 5.49. The number of amides is 1. The van der Waals surface area contributed by atoms with Gasteiger partial charge in [0, 0.05) is 19.0 Å². The number of hydrogen-bond acceptors (Lipinski definition) is 5. The van der Waals surface area contributed by atoms with Crippen molar-refractivity contribution in [3.63, 3.8) is 0 Å². The van der Waals surface area contributed by atoms with Crippen LogP contribution in [-0.2, 0) is 24.7 Å². The first-order valence-electron chi connectivity index (χ1n) is 9.10. The molecule has 0 spiro atoms. The number of nitrogens with zero attached hydrogens (tertiary/aromatic N) is 3. The van der Waals surface area contributed by atoms with E-state index in [0.717, 1.165) is 29.7 Å². The van der Waals surface area contributed by atoms with Crippen molar-refractivity contribution in [3.05, 3.63) is 16.5 Å². The minimum Gasteiger partial charge on any atom is -0.358 e. The van der Waals surface area contributed by atoms with Gasteiger partial charge in [0.15, 0.2) is 11.0 Å². The molecular formula is C19H28N4OS2. The van der Waals surface area contributed by atoms with Gasteiger partial charge in [-0.15, -0.1) is 21.5 Å². The second kappa shape index (κ2) is 7.35. The zero-order valence-corrected chi connectivity index (χ0v) is 18.1. The van der Waals surface area contributed by atoms with Crippen molar-refractivity contribution in [2.75, 3.05) is 7.05 Å². The van der Waals surface area contributed by atoms with Gasteiger partial charge in [0.1, 0.15) is 0 Å². The van der Waals surface area contributed by atoms with E-state index >= 15 is 0 Å². The third kappa shape index (κ3) is 3.83. The van der Waals surface area contributed by atoms with E-state index in [4.69, 9.17) is 0 Å². The molecule has 142 valence electrons. The Morgan fingerprint density at radius 2 is 2.15 bits per heavy atom. The molecule has 1 amide bonds. The molecular weight excluding hydrogens is 364 g/mol. The predicted octanol–water partition coefficient (Wildman–Crippen LogP) is 3.92. The highest BCUT2D eigenvalue weighted by atomic mass is 32.2. The first-order valence-corrected chi connectivity index (χ1v) is 10.8. The summed E-state index contributed by atoms with van der Waals surface area (Å²) in [5.74, 6) is 1.62. The number of carbonyl (C=O) groups is 1. The van der Waals surface area contributed by atoms with E-state index in [0.29, 0.717) is 5.41 Å². The number of carbonyl (C=O) groups excluding carboxylic acids is 1.